The number of carbonyl (C=O) groups is 2. The number of benzene rings is 1. The van der Waals surface area contributed by atoms with E-state index in [1.54, 1.807) is 22.6 Å². The van der Waals surface area contributed by atoms with Crippen molar-refractivity contribution in [2.75, 3.05) is 0 Å². The normalized spacial score (nSPS) is 12.3. The van der Waals surface area contributed by atoms with Gasteiger partial charge in [-0.3, -0.25) is 4.79 Å². The summed E-state index contributed by atoms with van der Waals surface area (Å²) in [5.74, 6) is -3.47. The molecular weight excluding hydrogens is 378 g/mol. The van der Waals surface area contributed by atoms with Gasteiger partial charge in [-0.2, -0.15) is 0 Å². The number of nitrogens with one attached hydrogen (secondary N) is 1. The first-order valence-corrected chi connectivity index (χ1v) is 6.16. The Kier molecular flexibility index (Phi) is 5.58. The summed E-state index contributed by atoms with van der Waals surface area (Å²) in [6, 6.07) is 2.09. The summed E-state index contributed by atoms with van der Waals surface area (Å²) in [7, 11) is 0. The van der Waals surface area contributed by atoms with Gasteiger partial charge in [0, 0.05) is 9.99 Å². The quantitative estimate of drug-likeness (QED) is 0.763. The van der Waals surface area contributed by atoms with Crippen LogP contribution in [0.4, 0.5) is 13.2 Å². The highest BCUT2D eigenvalue weighted by atomic mass is 127. The van der Waals surface area contributed by atoms with E-state index in [2.05, 4.69) is 0 Å². The van der Waals surface area contributed by atoms with Crippen molar-refractivity contribution in [3.05, 3.63) is 33.1 Å². The monoisotopic (exact) mass is 387 g/mol. The fraction of sp³-hybridized carbons (Fsp3) is 0.273. The van der Waals surface area contributed by atoms with E-state index in [1.165, 1.54) is 12.1 Å². The number of hydrogen-bond donors (Lipinski definition) is 2. The predicted octanol–water partition coefficient (Wildman–Crippen LogP) is 2.27. The molecule has 104 valence electrons. The van der Waals surface area contributed by atoms with Gasteiger partial charge in [-0.1, -0.05) is 6.07 Å². The molecule has 0 radical (unpaired) electrons. The van der Waals surface area contributed by atoms with Crippen LogP contribution in [0.25, 0.3) is 0 Å². The maximum Gasteiger partial charge on any atom is 0.326 e. The molecule has 0 aliphatic rings. The van der Waals surface area contributed by atoms with Crippen LogP contribution in [-0.4, -0.2) is 29.5 Å². The minimum absolute atomic E-state index is 0.260. The highest BCUT2D eigenvalue weighted by Gasteiger charge is 2.26. The van der Waals surface area contributed by atoms with Gasteiger partial charge in [-0.15, -0.1) is 0 Å². The molecule has 0 aliphatic heterocycles. The lowest BCUT2D eigenvalue weighted by atomic mass is 10.1. The Morgan fingerprint density at radius 1 is 1.37 bits per heavy atom. The molecule has 1 amide bonds. The average molecular weight is 387 g/mol. The fourth-order valence-corrected chi connectivity index (χ4v) is 2.05. The van der Waals surface area contributed by atoms with E-state index in [4.69, 9.17) is 5.11 Å². The van der Waals surface area contributed by atoms with Gasteiger partial charge in [0.1, 0.15) is 11.9 Å². The number of carboxylic acid groups (broad SMARTS) is 1. The Balaban J connectivity index is 2.91. The van der Waals surface area contributed by atoms with Crippen molar-refractivity contribution in [1.29, 1.82) is 0 Å². The molecule has 1 atom stereocenters. The van der Waals surface area contributed by atoms with Crippen LogP contribution in [0.1, 0.15) is 16.8 Å². The van der Waals surface area contributed by atoms with Crippen molar-refractivity contribution in [2.45, 2.75) is 18.9 Å². The zero-order valence-electron chi connectivity index (χ0n) is 9.37. The number of halogens is 4. The van der Waals surface area contributed by atoms with Crippen LogP contribution in [0.3, 0.4) is 0 Å². The Labute approximate surface area is 120 Å². The molecule has 1 rings (SSSR count). The second-order valence-corrected chi connectivity index (χ2v) is 4.75. The molecule has 19 heavy (non-hydrogen) atoms. The largest absolute Gasteiger partial charge is 0.480 e. The Morgan fingerprint density at radius 3 is 2.47 bits per heavy atom. The van der Waals surface area contributed by atoms with Gasteiger partial charge in [0.15, 0.2) is 0 Å². The van der Waals surface area contributed by atoms with Crippen molar-refractivity contribution in [2.24, 2.45) is 0 Å². The lowest BCUT2D eigenvalue weighted by Crippen LogP contribution is -2.42. The fourth-order valence-electron chi connectivity index (χ4n) is 1.34. The molecule has 0 aromatic heterocycles. The minimum atomic E-state index is -2.89. The molecule has 0 saturated carbocycles. The summed E-state index contributed by atoms with van der Waals surface area (Å²) in [6.45, 7) is 0. The number of alkyl halides is 2. The lowest BCUT2D eigenvalue weighted by molar-refractivity contribution is -0.140. The zero-order valence-corrected chi connectivity index (χ0v) is 11.5. The van der Waals surface area contributed by atoms with Crippen LogP contribution >= 0.6 is 22.6 Å². The third kappa shape index (κ3) is 4.37. The van der Waals surface area contributed by atoms with E-state index in [9.17, 15) is 22.8 Å². The van der Waals surface area contributed by atoms with Crippen LogP contribution < -0.4 is 5.32 Å². The molecule has 1 unspecified atom stereocenters. The first kappa shape index (κ1) is 15.7. The summed E-state index contributed by atoms with van der Waals surface area (Å²) >= 11 is 1.69. The number of amides is 1. The molecule has 0 heterocycles. The Bertz CT molecular complexity index is 476. The average Bonchev–Trinajstić information content (AvgIpc) is 2.27. The first-order chi connectivity index (χ1) is 8.82. The third-order valence-electron chi connectivity index (χ3n) is 2.21. The van der Waals surface area contributed by atoms with Crippen molar-refractivity contribution in [1.82, 2.24) is 5.32 Å². The van der Waals surface area contributed by atoms with Gasteiger partial charge in [-0.25, -0.2) is 18.0 Å². The molecule has 4 nitrogen and oxygen atoms in total. The van der Waals surface area contributed by atoms with Crippen molar-refractivity contribution in [3.63, 3.8) is 0 Å². The molecule has 1 aromatic carbocycles. The smallest absolute Gasteiger partial charge is 0.326 e. The van der Waals surface area contributed by atoms with Gasteiger partial charge < -0.3 is 10.4 Å². The molecule has 0 aliphatic carbocycles. The number of carbonyl (C=O) groups excluding carboxylic acids is 1. The lowest BCUT2D eigenvalue weighted by Gasteiger charge is -2.14. The van der Waals surface area contributed by atoms with E-state index < -0.39 is 36.6 Å². The van der Waals surface area contributed by atoms with Gasteiger partial charge >= 0.3 is 5.97 Å². The van der Waals surface area contributed by atoms with Crippen molar-refractivity contribution in [3.8, 4) is 0 Å². The van der Waals surface area contributed by atoms with Gasteiger partial charge in [0.2, 0.25) is 6.43 Å². The maximum absolute atomic E-state index is 13.5. The Hall–Kier alpha value is -1.32. The van der Waals surface area contributed by atoms with Crippen LogP contribution in [0.15, 0.2) is 18.2 Å². The first-order valence-electron chi connectivity index (χ1n) is 5.08. The maximum atomic E-state index is 13.5. The van der Waals surface area contributed by atoms with E-state index in [-0.39, 0.29) is 9.13 Å². The molecule has 0 fully saturated rings. The number of carboxylic acids is 1. The zero-order chi connectivity index (χ0) is 14.6. The summed E-state index contributed by atoms with van der Waals surface area (Å²) in [4.78, 5) is 22.4. The van der Waals surface area contributed by atoms with Crippen LogP contribution in [0, 0.1) is 9.39 Å². The van der Waals surface area contributed by atoms with Gasteiger partial charge in [0.25, 0.3) is 5.91 Å². The molecular formula is C11H9F3INO3. The Morgan fingerprint density at radius 2 is 2.00 bits per heavy atom. The molecule has 8 heteroatoms. The number of hydrogen-bond acceptors (Lipinski definition) is 2. The van der Waals surface area contributed by atoms with E-state index in [0.29, 0.717) is 0 Å². The summed E-state index contributed by atoms with van der Waals surface area (Å²) in [6.07, 6.45) is -3.92. The van der Waals surface area contributed by atoms with E-state index >= 15 is 0 Å². The summed E-state index contributed by atoms with van der Waals surface area (Å²) in [5.41, 5.74) is -0.358. The molecule has 0 spiro atoms. The summed E-state index contributed by atoms with van der Waals surface area (Å²) in [5, 5.41) is 10.6. The van der Waals surface area contributed by atoms with E-state index in [0.717, 1.165) is 6.07 Å². The standard InChI is InChI=1S/C11H9F3INO3/c12-5-2-1-3-6(15)9(5)10(17)16-7(11(18)19)4-8(13)14/h1-3,7-8H,4H2,(H,16,17)(H,18,19). The van der Waals surface area contributed by atoms with Crippen LogP contribution in [0.5, 0.6) is 0 Å². The molecule has 2 N–H and O–H groups in total. The highest BCUT2D eigenvalue weighted by Crippen LogP contribution is 2.16. The van der Waals surface area contributed by atoms with Crippen molar-refractivity contribution < 1.29 is 27.9 Å². The predicted molar refractivity (Wildman–Crippen MR) is 68.6 cm³/mol. The minimum Gasteiger partial charge on any atom is -0.480 e. The molecule has 0 bridgehead atoms. The number of aliphatic carboxylic acids is 1. The second-order valence-electron chi connectivity index (χ2n) is 3.59. The number of rotatable bonds is 5. The van der Waals surface area contributed by atoms with Crippen molar-refractivity contribution >= 4 is 34.5 Å². The van der Waals surface area contributed by atoms with Gasteiger partial charge in [0.05, 0.1) is 5.56 Å². The summed E-state index contributed by atoms with van der Waals surface area (Å²) < 4.78 is 38.0. The van der Waals surface area contributed by atoms with Crippen LogP contribution in [-0.2, 0) is 4.79 Å². The highest BCUT2D eigenvalue weighted by molar-refractivity contribution is 14.1. The topological polar surface area (TPSA) is 66.4 Å². The second kappa shape index (κ2) is 6.73. The molecule has 0 saturated heterocycles. The van der Waals surface area contributed by atoms with Crippen LogP contribution in [0.2, 0.25) is 0 Å². The van der Waals surface area contributed by atoms with Gasteiger partial charge in [-0.05, 0) is 34.7 Å². The van der Waals surface area contributed by atoms with E-state index in [1.807, 2.05) is 5.32 Å². The third-order valence-corrected chi connectivity index (χ3v) is 3.11. The SMILES string of the molecule is O=C(NC(CC(F)F)C(=O)O)c1c(F)cccc1I. The molecule has 1 aromatic rings.